The van der Waals surface area contributed by atoms with Crippen LogP contribution in [0.1, 0.15) is 41.8 Å². The van der Waals surface area contributed by atoms with Gasteiger partial charge in [0.15, 0.2) is 0 Å². The van der Waals surface area contributed by atoms with Gasteiger partial charge in [-0.2, -0.15) is 0 Å². The first kappa shape index (κ1) is 16.5. The highest BCUT2D eigenvalue weighted by atomic mass is 32.1. The Kier molecular flexibility index (Phi) is 5.33. The number of carbonyl (C=O) groups is 2. The van der Waals surface area contributed by atoms with Crippen molar-refractivity contribution < 1.29 is 9.59 Å². The van der Waals surface area contributed by atoms with Crippen molar-refractivity contribution in [3.05, 3.63) is 22.4 Å². The molecule has 2 fully saturated rings. The molecule has 2 amide bonds. The van der Waals surface area contributed by atoms with E-state index in [1.165, 1.54) is 11.3 Å². The number of thiophene rings is 1. The van der Waals surface area contributed by atoms with Crippen molar-refractivity contribution in [2.24, 2.45) is 0 Å². The van der Waals surface area contributed by atoms with Crippen molar-refractivity contribution in [2.75, 3.05) is 26.7 Å². The van der Waals surface area contributed by atoms with E-state index in [-0.39, 0.29) is 17.9 Å². The second-order valence-corrected chi connectivity index (χ2v) is 7.35. The van der Waals surface area contributed by atoms with Gasteiger partial charge in [-0.05, 0) is 50.6 Å². The van der Waals surface area contributed by atoms with Crippen LogP contribution in [0, 0.1) is 0 Å². The van der Waals surface area contributed by atoms with Crippen LogP contribution < -0.4 is 5.32 Å². The Morgan fingerprint density at radius 3 is 2.83 bits per heavy atom. The molecule has 0 aliphatic carbocycles. The van der Waals surface area contributed by atoms with Crippen molar-refractivity contribution in [2.45, 2.75) is 44.2 Å². The van der Waals surface area contributed by atoms with Gasteiger partial charge in [0.05, 0.1) is 4.88 Å². The lowest BCUT2D eigenvalue weighted by atomic mass is 9.98. The van der Waals surface area contributed by atoms with Crippen LogP contribution in [0.25, 0.3) is 0 Å². The Hall–Kier alpha value is -1.40. The molecule has 2 aliphatic rings. The number of likely N-dealkylation sites (tertiary alicyclic amines) is 2. The van der Waals surface area contributed by atoms with E-state index in [2.05, 4.69) is 5.32 Å². The molecule has 2 unspecified atom stereocenters. The Balaban J connectivity index is 1.73. The SMILES string of the molecule is CNC1CCCN(C(=O)C2CCCCN2C(=O)c2cccs2)C1. The zero-order valence-corrected chi connectivity index (χ0v) is 14.5. The molecule has 2 atom stereocenters. The summed E-state index contributed by atoms with van der Waals surface area (Å²) in [6.45, 7) is 2.26. The van der Waals surface area contributed by atoms with Gasteiger partial charge in [-0.3, -0.25) is 9.59 Å². The van der Waals surface area contributed by atoms with Crippen LogP contribution in [0.3, 0.4) is 0 Å². The fraction of sp³-hybridized carbons (Fsp3) is 0.647. The summed E-state index contributed by atoms with van der Waals surface area (Å²) in [7, 11) is 1.95. The number of piperidine rings is 2. The van der Waals surface area contributed by atoms with Crippen molar-refractivity contribution >= 4 is 23.2 Å². The largest absolute Gasteiger partial charge is 0.339 e. The summed E-state index contributed by atoms with van der Waals surface area (Å²) < 4.78 is 0. The third-order valence-corrected chi connectivity index (χ3v) is 5.78. The summed E-state index contributed by atoms with van der Waals surface area (Å²) in [5, 5.41) is 5.19. The highest BCUT2D eigenvalue weighted by Crippen LogP contribution is 2.24. The van der Waals surface area contributed by atoms with Gasteiger partial charge in [-0.1, -0.05) is 6.07 Å². The van der Waals surface area contributed by atoms with E-state index in [1.807, 2.05) is 29.5 Å². The number of hydrogen-bond acceptors (Lipinski definition) is 4. The number of amides is 2. The summed E-state index contributed by atoms with van der Waals surface area (Å²) in [5.74, 6) is 0.148. The molecule has 5 nitrogen and oxygen atoms in total. The predicted molar refractivity (Wildman–Crippen MR) is 91.7 cm³/mol. The van der Waals surface area contributed by atoms with Gasteiger partial charge in [0.25, 0.3) is 5.91 Å². The molecule has 2 saturated heterocycles. The van der Waals surface area contributed by atoms with Crippen LogP contribution >= 0.6 is 11.3 Å². The molecule has 0 saturated carbocycles. The van der Waals surface area contributed by atoms with Gasteiger partial charge >= 0.3 is 0 Å². The number of carbonyl (C=O) groups excluding carboxylic acids is 2. The van der Waals surface area contributed by atoms with E-state index in [9.17, 15) is 9.59 Å². The highest BCUT2D eigenvalue weighted by molar-refractivity contribution is 7.12. The molecule has 1 aromatic heterocycles. The van der Waals surface area contributed by atoms with Crippen molar-refractivity contribution in [3.63, 3.8) is 0 Å². The molecule has 126 valence electrons. The van der Waals surface area contributed by atoms with Gasteiger partial charge in [0, 0.05) is 25.7 Å². The van der Waals surface area contributed by atoms with E-state index in [0.29, 0.717) is 12.6 Å². The molecule has 23 heavy (non-hydrogen) atoms. The topological polar surface area (TPSA) is 52.7 Å². The van der Waals surface area contributed by atoms with Crippen molar-refractivity contribution in [3.8, 4) is 0 Å². The quantitative estimate of drug-likeness (QED) is 0.919. The summed E-state index contributed by atoms with van der Waals surface area (Å²) >= 11 is 1.45. The Bertz CT molecular complexity index is 546. The highest BCUT2D eigenvalue weighted by Gasteiger charge is 2.36. The van der Waals surface area contributed by atoms with E-state index in [1.54, 1.807) is 4.90 Å². The van der Waals surface area contributed by atoms with E-state index < -0.39 is 0 Å². The van der Waals surface area contributed by atoms with Crippen LogP contribution in [-0.4, -0.2) is 60.4 Å². The molecule has 3 rings (SSSR count). The third-order valence-electron chi connectivity index (χ3n) is 4.92. The number of rotatable bonds is 3. The molecule has 0 aromatic carbocycles. The molecule has 1 aromatic rings. The summed E-state index contributed by atoms with van der Waals surface area (Å²) in [5.41, 5.74) is 0. The summed E-state index contributed by atoms with van der Waals surface area (Å²) in [6.07, 6.45) is 4.94. The molecule has 3 heterocycles. The summed E-state index contributed by atoms with van der Waals surface area (Å²) in [6, 6.07) is 3.83. The first-order valence-electron chi connectivity index (χ1n) is 8.51. The minimum Gasteiger partial charge on any atom is -0.339 e. The second-order valence-electron chi connectivity index (χ2n) is 6.40. The minimum atomic E-state index is -0.283. The van der Waals surface area contributed by atoms with Crippen molar-refractivity contribution in [1.29, 1.82) is 0 Å². The first-order chi connectivity index (χ1) is 11.2. The molecule has 0 spiro atoms. The molecule has 1 N–H and O–H groups in total. The van der Waals surface area contributed by atoms with Gasteiger partial charge in [-0.25, -0.2) is 0 Å². The normalized spacial score (nSPS) is 25.4. The fourth-order valence-corrected chi connectivity index (χ4v) is 4.28. The van der Waals surface area contributed by atoms with E-state index in [0.717, 1.165) is 50.1 Å². The van der Waals surface area contributed by atoms with Gasteiger partial charge < -0.3 is 15.1 Å². The lowest BCUT2D eigenvalue weighted by Crippen LogP contribution is -2.56. The monoisotopic (exact) mass is 335 g/mol. The standard InChI is InChI=1S/C17H25N3O2S/c1-18-13-6-4-9-19(12-13)16(21)14-7-2-3-10-20(14)17(22)15-8-5-11-23-15/h5,8,11,13-14,18H,2-4,6-7,9-10,12H2,1H3. The van der Waals surface area contributed by atoms with Crippen LogP contribution in [0.5, 0.6) is 0 Å². The molecule has 6 heteroatoms. The first-order valence-corrected chi connectivity index (χ1v) is 9.39. The average molecular weight is 335 g/mol. The van der Waals surface area contributed by atoms with E-state index in [4.69, 9.17) is 0 Å². The zero-order valence-electron chi connectivity index (χ0n) is 13.7. The Morgan fingerprint density at radius 2 is 2.09 bits per heavy atom. The van der Waals surface area contributed by atoms with Crippen LogP contribution in [-0.2, 0) is 4.79 Å². The van der Waals surface area contributed by atoms with Crippen LogP contribution in [0.2, 0.25) is 0 Å². The van der Waals surface area contributed by atoms with Gasteiger partial charge in [0.2, 0.25) is 5.91 Å². The Morgan fingerprint density at radius 1 is 1.22 bits per heavy atom. The number of nitrogens with one attached hydrogen (secondary N) is 1. The minimum absolute atomic E-state index is 0.0141. The zero-order chi connectivity index (χ0) is 16.2. The number of hydrogen-bond donors (Lipinski definition) is 1. The lowest BCUT2D eigenvalue weighted by molar-refractivity contribution is -0.138. The fourth-order valence-electron chi connectivity index (χ4n) is 3.60. The predicted octanol–water partition coefficient (Wildman–Crippen LogP) is 1.95. The smallest absolute Gasteiger partial charge is 0.264 e. The molecular weight excluding hydrogens is 310 g/mol. The van der Waals surface area contributed by atoms with E-state index >= 15 is 0 Å². The summed E-state index contributed by atoms with van der Waals surface area (Å²) in [4.78, 5) is 30.2. The molecule has 2 aliphatic heterocycles. The maximum Gasteiger partial charge on any atom is 0.264 e. The third kappa shape index (κ3) is 3.58. The Labute approximate surface area is 141 Å². The van der Waals surface area contributed by atoms with Gasteiger partial charge in [0.1, 0.15) is 6.04 Å². The maximum atomic E-state index is 13.0. The van der Waals surface area contributed by atoms with Crippen LogP contribution in [0.15, 0.2) is 17.5 Å². The second kappa shape index (κ2) is 7.45. The van der Waals surface area contributed by atoms with Crippen LogP contribution in [0.4, 0.5) is 0 Å². The van der Waals surface area contributed by atoms with Crippen molar-refractivity contribution in [1.82, 2.24) is 15.1 Å². The average Bonchev–Trinajstić information content (AvgIpc) is 3.15. The molecular formula is C17H25N3O2S. The van der Waals surface area contributed by atoms with Gasteiger partial charge in [-0.15, -0.1) is 11.3 Å². The number of likely N-dealkylation sites (N-methyl/N-ethyl adjacent to an activating group) is 1. The molecule has 0 bridgehead atoms. The maximum absolute atomic E-state index is 13.0. The molecule has 0 radical (unpaired) electrons. The lowest BCUT2D eigenvalue weighted by Gasteiger charge is -2.40. The number of nitrogens with zero attached hydrogens (tertiary/aromatic N) is 2.